The molecule has 102 valence electrons. The molecule has 0 aromatic heterocycles. The maximum atomic E-state index is 13.7. The normalized spacial score (nSPS) is 13.9. The molecule has 0 aliphatic rings. The van der Waals surface area contributed by atoms with E-state index in [9.17, 15) is 12.8 Å². The van der Waals surface area contributed by atoms with Gasteiger partial charge in [0.2, 0.25) is 0 Å². The maximum Gasteiger partial charge on any atom is 0.181 e. The lowest BCUT2D eigenvalue weighted by Crippen LogP contribution is -2.16. The molecule has 0 bridgehead atoms. The molecular formula is C12H17BrFNO2S. The number of rotatable bonds is 5. The first-order chi connectivity index (χ1) is 8.30. The van der Waals surface area contributed by atoms with Crippen LogP contribution in [0.3, 0.4) is 0 Å². The molecule has 1 atom stereocenters. The zero-order valence-corrected chi connectivity index (χ0v) is 13.0. The number of benzene rings is 1. The molecule has 0 saturated heterocycles. The van der Waals surface area contributed by atoms with Crippen molar-refractivity contribution >= 4 is 25.8 Å². The summed E-state index contributed by atoms with van der Waals surface area (Å²) in [7, 11) is -1.68. The first-order valence-corrected chi connectivity index (χ1v) is 7.96. The van der Waals surface area contributed by atoms with Gasteiger partial charge >= 0.3 is 0 Å². The minimum atomic E-state index is -3.35. The molecule has 1 N–H and O–H groups in total. The number of alkyl halides is 1. The summed E-state index contributed by atoms with van der Waals surface area (Å²) in [5.74, 6) is 0. The predicted octanol–water partition coefficient (Wildman–Crippen LogP) is 2.86. The lowest BCUT2D eigenvalue weighted by atomic mass is 10.1. The Morgan fingerprint density at radius 3 is 2.44 bits per heavy atom. The van der Waals surface area contributed by atoms with Crippen LogP contribution in [0, 0.1) is 0 Å². The topological polar surface area (TPSA) is 46.2 Å². The Kier molecular flexibility index (Phi) is 5.31. The van der Waals surface area contributed by atoms with Crippen molar-refractivity contribution in [3.63, 3.8) is 0 Å². The number of hydrogen-bond acceptors (Lipinski definition) is 3. The molecule has 1 aromatic rings. The van der Waals surface area contributed by atoms with E-state index >= 15 is 0 Å². The van der Waals surface area contributed by atoms with Crippen LogP contribution >= 0.6 is 15.9 Å². The monoisotopic (exact) mass is 337 g/mol. The van der Waals surface area contributed by atoms with Gasteiger partial charge in [0.05, 0.1) is 10.1 Å². The molecule has 0 amide bonds. The van der Waals surface area contributed by atoms with Gasteiger partial charge in [-0.15, -0.1) is 0 Å². The molecular weight excluding hydrogens is 321 g/mol. The predicted molar refractivity (Wildman–Crippen MR) is 74.2 cm³/mol. The van der Waals surface area contributed by atoms with E-state index < -0.39 is 21.3 Å². The molecule has 0 saturated carbocycles. The Morgan fingerprint density at radius 1 is 1.39 bits per heavy atom. The van der Waals surface area contributed by atoms with Crippen molar-refractivity contribution in [2.75, 3.05) is 13.6 Å². The van der Waals surface area contributed by atoms with E-state index in [1.807, 2.05) is 0 Å². The summed E-state index contributed by atoms with van der Waals surface area (Å²) >= 11 is 3.20. The van der Waals surface area contributed by atoms with E-state index in [1.165, 1.54) is 18.2 Å². The summed E-state index contributed by atoms with van der Waals surface area (Å²) in [6.45, 7) is 3.44. The van der Waals surface area contributed by atoms with Crippen LogP contribution in [-0.2, 0) is 9.84 Å². The van der Waals surface area contributed by atoms with Crippen LogP contribution in [-0.4, -0.2) is 27.3 Å². The molecule has 1 aromatic carbocycles. The van der Waals surface area contributed by atoms with Crippen LogP contribution in [0.4, 0.5) is 4.39 Å². The van der Waals surface area contributed by atoms with Gasteiger partial charge in [-0.1, -0.05) is 6.07 Å². The first-order valence-electron chi connectivity index (χ1n) is 5.62. The van der Waals surface area contributed by atoms with Crippen molar-refractivity contribution in [1.82, 2.24) is 5.32 Å². The minimum Gasteiger partial charge on any atom is -0.317 e. The molecule has 0 fully saturated rings. The Balaban J connectivity index is 3.15. The quantitative estimate of drug-likeness (QED) is 0.898. The Bertz CT molecular complexity index is 517. The average Bonchev–Trinajstić information content (AvgIpc) is 2.28. The smallest absolute Gasteiger partial charge is 0.181 e. The number of sulfone groups is 1. The van der Waals surface area contributed by atoms with Crippen LogP contribution in [0.5, 0.6) is 0 Å². The second kappa shape index (κ2) is 6.12. The third-order valence-electron chi connectivity index (χ3n) is 2.63. The lowest BCUT2D eigenvalue weighted by Gasteiger charge is -2.13. The van der Waals surface area contributed by atoms with Gasteiger partial charge in [-0.05, 0) is 54.5 Å². The number of hydrogen-bond donors (Lipinski definition) is 1. The fraction of sp³-hybridized carbons (Fsp3) is 0.500. The van der Waals surface area contributed by atoms with E-state index in [-0.39, 0.29) is 11.4 Å². The highest BCUT2D eigenvalue weighted by molar-refractivity contribution is 9.10. The molecule has 1 rings (SSSR count). The average molecular weight is 338 g/mol. The lowest BCUT2D eigenvalue weighted by molar-refractivity contribution is 0.335. The molecule has 0 heterocycles. The minimum absolute atomic E-state index is 0.197. The molecule has 3 nitrogen and oxygen atoms in total. The van der Waals surface area contributed by atoms with Gasteiger partial charge in [0, 0.05) is 11.0 Å². The zero-order chi connectivity index (χ0) is 13.9. The summed E-state index contributed by atoms with van der Waals surface area (Å²) < 4.78 is 38.1. The number of halogens is 2. The summed E-state index contributed by atoms with van der Waals surface area (Å²) in [6.07, 6.45) is -1.15. The molecule has 0 spiro atoms. The molecule has 6 heteroatoms. The summed E-state index contributed by atoms with van der Waals surface area (Å²) in [4.78, 5) is 0.206. The second-order valence-corrected chi connectivity index (χ2v) is 7.64. The van der Waals surface area contributed by atoms with Gasteiger partial charge in [-0.25, -0.2) is 12.8 Å². The van der Waals surface area contributed by atoms with Crippen molar-refractivity contribution in [3.05, 3.63) is 28.2 Å². The van der Waals surface area contributed by atoms with E-state index in [1.54, 1.807) is 20.9 Å². The Hall–Kier alpha value is -0.460. The molecule has 1 unspecified atom stereocenters. The summed E-state index contributed by atoms with van der Waals surface area (Å²) in [5, 5.41) is 2.24. The maximum absolute atomic E-state index is 13.7. The fourth-order valence-corrected chi connectivity index (χ4v) is 3.66. The molecule has 0 aliphatic heterocycles. The van der Waals surface area contributed by atoms with Crippen LogP contribution in [0.2, 0.25) is 0 Å². The third-order valence-corrected chi connectivity index (χ3v) is 5.76. The highest BCUT2D eigenvalue weighted by Crippen LogP contribution is 2.29. The van der Waals surface area contributed by atoms with Crippen LogP contribution in [0.25, 0.3) is 0 Å². The van der Waals surface area contributed by atoms with Crippen molar-refractivity contribution < 1.29 is 12.8 Å². The van der Waals surface area contributed by atoms with Gasteiger partial charge in [0.15, 0.2) is 9.84 Å². The van der Waals surface area contributed by atoms with E-state index in [4.69, 9.17) is 0 Å². The van der Waals surface area contributed by atoms with Crippen molar-refractivity contribution in [3.8, 4) is 0 Å². The molecule has 18 heavy (non-hydrogen) atoms. The fourth-order valence-electron chi connectivity index (χ4n) is 1.49. The van der Waals surface area contributed by atoms with Gasteiger partial charge in [-0.2, -0.15) is 0 Å². The second-order valence-electron chi connectivity index (χ2n) is 4.31. The summed E-state index contributed by atoms with van der Waals surface area (Å²) in [5.41, 5.74) is 0.457. The van der Waals surface area contributed by atoms with Crippen LogP contribution < -0.4 is 5.32 Å². The van der Waals surface area contributed by atoms with Crippen molar-refractivity contribution in [2.45, 2.75) is 30.2 Å². The van der Waals surface area contributed by atoms with E-state index in [2.05, 4.69) is 21.2 Å². The van der Waals surface area contributed by atoms with E-state index in [0.29, 0.717) is 10.0 Å². The van der Waals surface area contributed by atoms with E-state index in [0.717, 1.165) is 0 Å². The van der Waals surface area contributed by atoms with Gasteiger partial charge in [0.25, 0.3) is 0 Å². The number of nitrogens with one attached hydrogen (secondary N) is 1. The van der Waals surface area contributed by atoms with Gasteiger partial charge in [0.1, 0.15) is 6.17 Å². The van der Waals surface area contributed by atoms with Gasteiger partial charge in [-0.3, -0.25) is 0 Å². The highest BCUT2D eigenvalue weighted by atomic mass is 79.9. The third kappa shape index (κ3) is 3.30. The van der Waals surface area contributed by atoms with Crippen LogP contribution in [0.15, 0.2) is 27.6 Å². The van der Waals surface area contributed by atoms with Crippen molar-refractivity contribution in [1.29, 1.82) is 0 Å². The van der Waals surface area contributed by atoms with Crippen molar-refractivity contribution in [2.24, 2.45) is 0 Å². The molecule has 0 radical (unpaired) electrons. The van der Waals surface area contributed by atoms with Gasteiger partial charge < -0.3 is 5.32 Å². The number of likely N-dealkylation sites (N-methyl/N-ethyl adjacent to an activating group) is 1. The first kappa shape index (κ1) is 15.6. The SMILES string of the molecule is CNCC(F)c1ccc(S(=O)(=O)C(C)C)c(Br)c1. The summed E-state index contributed by atoms with van der Waals surface area (Å²) in [6, 6.07) is 4.50. The van der Waals surface area contributed by atoms with Crippen LogP contribution in [0.1, 0.15) is 25.6 Å². The Labute approximate surface area is 116 Å². The largest absolute Gasteiger partial charge is 0.317 e. The standard InChI is InChI=1S/C12H17BrFNO2S/c1-8(2)18(16,17)12-5-4-9(6-10(12)13)11(14)7-15-3/h4-6,8,11,15H,7H2,1-3H3. The Morgan fingerprint density at radius 2 is 2.00 bits per heavy atom. The highest BCUT2D eigenvalue weighted by Gasteiger charge is 2.22. The zero-order valence-electron chi connectivity index (χ0n) is 10.6. The molecule has 0 aliphatic carbocycles.